The Morgan fingerprint density at radius 1 is 0.938 bits per heavy atom. The number of amides is 1. The molecule has 3 aromatic carbocycles. The zero-order chi connectivity index (χ0) is 23.1. The lowest BCUT2D eigenvalue weighted by Crippen LogP contribution is -2.24. The maximum Gasteiger partial charge on any atom is 0.263 e. The van der Waals surface area contributed by atoms with Crippen LogP contribution >= 0.6 is 11.6 Å². The van der Waals surface area contributed by atoms with Crippen molar-refractivity contribution in [1.29, 1.82) is 0 Å². The third kappa shape index (κ3) is 5.81. The van der Waals surface area contributed by atoms with E-state index in [1.807, 2.05) is 24.3 Å². The monoisotopic (exact) mass is 471 g/mol. The first-order chi connectivity index (χ1) is 15.3. The second kappa shape index (κ2) is 10.5. The van der Waals surface area contributed by atoms with Gasteiger partial charge in [0.25, 0.3) is 15.9 Å². The van der Waals surface area contributed by atoms with Crippen molar-refractivity contribution in [2.45, 2.75) is 25.3 Å². The summed E-state index contributed by atoms with van der Waals surface area (Å²) in [6.45, 7) is 6.38. The molecule has 168 valence electrons. The standard InChI is InChI=1S/C24H26ClN3O3S/c1-3-28(4-2)21-13-10-18(11-14-21)17-26-24(29)19-12-15-22(25)23(16-19)32(30,31)27-20-8-6-5-7-9-20/h5-16,27H,3-4,17H2,1-2H3,(H,26,29). The van der Waals surface area contributed by atoms with Crippen molar-refractivity contribution in [3.63, 3.8) is 0 Å². The van der Waals surface area contributed by atoms with E-state index in [0.717, 1.165) is 24.3 Å². The molecule has 0 spiro atoms. The minimum atomic E-state index is -3.95. The molecule has 8 heteroatoms. The third-order valence-corrected chi connectivity index (χ3v) is 6.89. The number of nitrogens with zero attached hydrogens (tertiary/aromatic N) is 1. The molecule has 0 atom stereocenters. The minimum absolute atomic E-state index is 0.0389. The van der Waals surface area contributed by atoms with Crippen LogP contribution < -0.4 is 14.9 Å². The van der Waals surface area contributed by atoms with Gasteiger partial charge in [0.15, 0.2) is 0 Å². The molecule has 2 N–H and O–H groups in total. The maximum atomic E-state index is 12.8. The minimum Gasteiger partial charge on any atom is -0.372 e. The van der Waals surface area contributed by atoms with Gasteiger partial charge in [0, 0.05) is 36.6 Å². The van der Waals surface area contributed by atoms with Crippen molar-refractivity contribution in [3.05, 3.63) is 88.9 Å². The van der Waals surface area contributed by atoms with Gasteiger partial charge in [-0.25, -0.2) is 8.42 Å². The molecule has 0 fully saturated rings. The van der Waals surface area contributed by atoms with Gasteiger partial charge in [-0.15, -0.1) is 0 Å². The Morgan fingerprint density at radius 3 is 2.22 bits per heavy atom. The lowest BCUT2D eigenvalue weighted by Gasteiger charge is -2.21. The van der Waals surface area contributed by atoms with Gasteiger partial charge in [-0.05, 0) is 61.9 Å². The van der Waals surface area contributed by atoms with Crippen LogP contribution in [0.4, 0.5) is 11.4 Å². The predicted octanol–water partition coefficient (Wildman–Crippen LogP) is 4.92. The summed E-state index contributed by atoms with van der Waals surface area (Å²) in [5, 5.41) is 2.87. The van der Waals surface area contributed by atoms with Crippen LogP contribution in [0.15, 0.2) is 77.7 Å². The van der Waals surface area contributed by atoms with Crippen molar-refractivity contribution in [1.82, 2.24) is 5.32 Å². The fourth-order valence-corrected chi connectivity index (χ4v) is 4.85. The topological polar surface area (TPSA) is 78.5 Å². The lowest BCUT2D eigenvalue weighted by molar-refractivity contribution is 0.0950. The number of nitrogens with one attached hydrogen (secondary N) is 2. The number of carbonyl (C=O) groups excluding carboxylic acids is 1. The number of halogens is 1. The van der Waals surface area contributed by atoms with Crippen LogP contribution in [0.1, 0.15) is 29.8 Å². The number of carbonyl (C=O) groups is 1. The van der Waals surface area contributed by atoms with Crippen LogP contribution in [0.25, 0.3) is 0 Å². The Morgan fingerprint density at radius 2 is 1.59 bits per heavy atom. The highest BCUT2D eigenvalue weighted by Crippen LogP contribution is 2.25. The van der Waals surface area contributed by atoms with Gasteiger partial charge >= 0.3 is 0 Å². The molecule has 1 amide bonds. The summed E-state index contributed by atoms with van der Waals surface area (Å²) in [5.41, 5.74) is 2.69. The average Bonchev–Trinajstić information content (AvgIpc) is 2.79. The normalized spacial score (nSPS) is 11.1. The van der Waals surface area contributed by atoms with Crippen LogP contribution in [0.2, 0.25) is 5.02 Å². The van der Waals surface area contributed by atoms with Gasteiger partial charge in [-0.2, -0.15) is 0 Å². The zero-order valence-corrected chi connectivity index (χ0v) is 19.6. The van der Waals surface area contributed by atoms with E-state index >= 15 is 0 Å². The van der Waals surface area contributed by atoms with Gasteiger partial charge in [0.1, 0.15) is 4.90 Å². The molecule has 0 aliphatic rings. The van der Waals surface area contributed by atoms with E-state index < -0.39 is 10.0 Å². The van der Waals surface area contributed by atoms with Crippen LogP contribution in [-0.2, 0) is 16.6 Å². The molecule has 0 saturated heterocycles. The zero-order valence-electron chi connectivity index (χ0n) is 18.0. The average molecular weight is 472 g/mol. The number of para-hydroxylation sites is 1. The van der Waals surface area contributed by atoms with Crippen molar-refractivity contribution < 1.29 is 13.2 Å². The number of sulfonamides is 1. The smallest absolute Gasteiger partial charge is 0.263 e. The Labute approximate surface area is 194 Å². The first-order valence-corrected chi connectivity index (χ1v) is 12.2. The van der Waals surface area contributed by atoms with Crippen LogP contribution in [0.5, 0.6) is 0 Å². The molecule has 0 heterocycles. The number of rotatable bonds is 9. The summed E-state index contributed by atoms with van der Waals surface area (Å²) in [6.07, 6.45) is 0. The third-order valence-electron chi connectivity index (χ3n) is 5.03. The summed E-state index contributed by atoms with van der Waals surface area (Å²) < 4.78 is 28.0. The molecule has 6 nitrogen and oxygen atoms in total. The number of benzene rings is 3. The highest BCUT2D eigenvalue weighted by Gasteiger charge is 2.20. The van der Waals surface area contributed by atoms with E-state index in [0.29, 0.717) is 12.2 Å². The van der Waals surface area contributed by atoms with Crippen LogP contribution in [0, 0.1) is 0 Å². The molecule has 0 aliphatic carbocycles. The molecule has 0 saturated carbocycles. The number of hydrogen-bond acceptors (Lipinski definition) is 4. The SMILES string of the molecule is CCN(CC)c1ccc(CNC(=O)c2ccc(Cl)c(S(=O)(=O)Nc3ccccc3)c2)cc1. The van der Waals surface area contributed by atoms with E-state index in [2.05, 4.69) is 28.8 Å². The molecular weight excluding hydrogens is 446 g/mol. The second-order valence-corrected chi connectivity index (χ2v) is 9.20. The van der Waals surface area contributed by atoms with Crippen molar-refractivity contribution in [2.24, 2.45) is 0 Å². The molecule has 3 rings (SSSR count). The summed E-state index contributed by atoms with van der Waals surface area (Å²) in [4.78, 5) is 14.7. The summed E-state index contributed by atoms with van der Waals surface area (Å²) >= 11 is 6.13. The first kappa shape index (κ1) is 23.6. The maximum absolute atomic E-state index is 12.8. The van der Waals surface area contributed by atoms with Crippen molar-refractivity contribution >= 4 is 38.9 Å². The Kier molecular flexibility index (Phi) is 7.77. The summed E-state index contributed by atoms with van der Waals surface area (Å²) in [6, 6.07) is 20.7. The molecule has 0 radical (unpaired) electrons. The highest BCUT2D eigenvalue weighted by molar-refractivity contribution is 7.92. The van der Waals surface area contributed by atoms with E-state index in [1.54, 1.807) is 30.3 Å². The van der Waals surface area contributed by atoms with Crippen LogP contribution in [0.3, 0.4) is 0 Å². The largest absolute Gasteiger partial charge is 0.372 e. The second-order valence-electron chi connectivity index (χ2n) is 7.14. The van der Waals surface area contributed by atoms with E-state index in [9.17, 15) is 13.2 Å². The first-order valence-electron chi connectivity index (χ1n) is 10.3. The molecule has 0 aromatic heterocycles. The van der Waals surface area contributed by atoms with Gasteiger partial charge in [-0.3, -0.25) is 9.52 Å². The van der Waals surface area contributed by atoms with E-state index in [-0.39, 0.29) is 21.4 Å². The molecular formula is C24H26ClN3O3S. The quantitative estimate of drug-likeness (QED) is 0.464. The predicted molar refractivity (Wildman–Crippen MR) is 130 cm³/mol. The number of hydrogen-bond donors (Lipinski definition) is 2. The fraction of sp³-hybridized carbons (Fsp3) is 0.208. The Hall–Kier alpha value is -3.03. The lowest BCUT2D eigenvalue weighted by atomic mass is 10.1. The van der Waals surface area contributed by atoms with E-state index in [4.69, 9.17) is 11.6 Å². The van der Waals surface area contributed by atoms with Crippen LogP contribution in [-0.4, -0.2) is 27.4 Å². The number of anilines is 2. The molecule has 0 unspecified atom stereocenters. The molecule has 0 aliphatic heterocycles. The Bertz CT molecular complexity index is 1160. The Balaban J connectivity index is 1.71. The highest BCUT2D eigenvalue weighted by atomic mass is 35.5. The van der Waals surface area contributed by atoms with Gasteiger partial charge in [0.2, 0.25) is 0 Å². The van der Waals surface area contributed by atoms with Gasteiger partial charge in [0.05, 0.1) is 5.02 Å². The molecule has 0 bridgehead atoms. The van der Waals surface area contributed by atoms with Gasteiger partial charge in [-0.1, -0.05) is 41.9 Å². The summed E-state index contributed by atoms with van der Waals surface area (Å²) in [5.74, 6) is -0.384. The fourth-order valence-electron chi connectivity index (χ4n) is 3.26. The molecule has 32 heavy (non-hydrogen) atoms. The summed E-state index contributed by atoms with van der Waals surface area (Å²) in [7, 11) is -3.95. The van der Waals surface area contributed by atoms with Crippen molar-refractivity contribution in [2.75, 3.05) is 22.7 Å². The van der Waals surface area contributed by atoms with Crippen molar-refractivity contribution in [3.8, 4) is 0 Å². The van der Waals surface area contributed by atoms with Gasteiger partial charge < -0.3 is 10.2 Å². The van der Waals surface area contributed by atoms with E-state index in [1.165, 1.54) is 18.2 Å². The molecule has 3 aromatic rings.